The van der Waals surface area contributed by atoms with E-state index in [9.17, 15) is 15.0 Å². The van der Waals surface area contributed by atoms with E-state index in [1.165, 1.54) is 5.57 Å². The van der Waals surface area contributed by atoms with Gasteiger partial charge in [0, 0.05) is 5.41 Å². The fraction of sp³-hybridized carbons (Fsp3) is 0.909. The van der Waals surface area contributed by atoms with E-state index in [4.69, 9.17) is 9.47 Å². The van der Waals surface area contributed by atoms with Gasteiger partial charge in [-0.1, -0.05) is 53.2 Å². The molecule has 5 heteroatoms. The third-order valence-corrected chi connectivity index (χ3v) is 14.3. The summed E-state index contributed by atoms with van der Waals surface area (Å²) in [5.74, 6) is 0.702. The highest BCUT2D eigenvalue weighted by Gasteiger charge is 2.71. The van der Waals surface area contributed by atoms with Crippen molar-refractivity contribution in [3.8, 4) is 0 Å². The van der Waals surface area contributed by atoms with Gasteiger partial charge in [0.25, 0.3) is 0 Å². The average Bonchev–Trinajstić information content (AvgIpc) is 2.82. The van der Waals surface area contributed by atoms with Crippen molar-refractivity contribution in [3.05, 3.63) is 11.6 Å². The van der Waals surface area contributed by atoms with Gasteiger partial charge in [-0.25, -0.2) is 0 Å². The van der Waals surface area contributed by atoms with Gasteiger partial charge in [-0.05, 0) is 111 Å². The molecule has 0 spiro atoms. The van der Waals surface area contributed by atoms with Gasteiger partial charge in [0.2, 0.25) is 0 Å². The lowest BCUT2D eigenvalue weighted by Crippen LogP contribution is -2.70. The lowest BCUT2D eigenvalue weighted by atomic mass is 9.33. The molecule has 214 valence electrons. The van der Waals surface area contributed by atoms with Crippen molar-refractivity contribution in [2.24, 2.45) is 56.7 Å². The number of hydrogen-bond donors (Lipinski definition) is 2. The number of carboxylic acids is 1. The highest BCUT2D eigenvalue weighted by molar-refractivity contribution is 5.76. The fourth-order valence-electron chi connectivity index (χ4n) is 11.9. The zero-order valence-corrected chi connectivity index (χ0v) is 25.1. The van der Waals surface area contributed by atoms with Crippen molar-refractivity contribution in [1.29, 1.82) is 0 Å². The Morgan fingerprint density at radius 3 is 2.34 bits per heavy atom. The highest BCUT2D eigenvalue weighted by Crippen LogP contribution is 2.76. The van der Waals surface area contributed by atoms with Crippen molar-refractivity contribution in [2.45, 2.75) is 125 Å². The second-order valence-corrected chi connectivity index (χ2v) is 16.1. The van der Waals surface area contributed by atoms with E-state index in [1.54, 1.807) is 0 Å². The van der Waals surface area contributed by atoms with Crippen LogP contribution >= 0.6 is 0 Å². The van der Waals surface area contributed by atoms with Crippen molar-refractivity contribution >= 4 is 5.97 Å². The van der Waals surface area contributed by atoms with Gasteiger partial charge in [-0.3, -0.25) is 4.79 Å². The summed E-state index contributed by atoms with van der Waals surface area (Å²) in [4.78, 5) is 12.9. The SMILES string of the molecule is C[C@@H]1CCC2(C(=O)O)CC[C@]3(C)C(=CCC4[C@@]5(C)CC(O)C6OC(C)(C)OC[C@@]6(C)C5CC[C@]43C)C2[C@H]1C. The monoisotopic (exact) mass is 528 g/mol. The molecular weight excluding hydrogens is 476 g/mol. The summed E-state index contributed by atoms with van der Waals surface area (Å²) in [5.41, 5.74) is 0.690. The Bertz CT molecular complexity index is 1050. The van der Waals surface area contributed by atoms with Gasteiger partial charge >= 0.3 is 5.97 Å². The molecule has 1 saturated heterocycles. The Kier molecular flexibility index (Phi) is 5.81. The quantitative estimate of drug-likeness (QED) is 0.365. The smallest absolute Gasteiger partial charge is 0.310 e. The van der Waals surface area contributed by atoms with Crippen LogP contribution in [0.2, 0.25) is 0 Å². The van der Waals surface area contributed by atoms with Crippen LogP contribution in [0.15, 0.2) is 11.6 Å². The Morgan fingerprint density at radius 1 is 0.947 bits per heavy atom. The number of aliphatic carboxylic acids is 1. The lowest BCUT2D eigenvalue weighted by Gasteiger charge is -2.72. The molecular formula is C33H52O5. The third-order valence-electron chi connectivity index (χ3n) is 14.3. The van der Waals surface area contributed by atoms with Gasteiger partial charge in [0.05, 0.1) is 24.2 Å². The van der Waals surface area contributed by atoms with Crippen LogP contribution in [0.4, 0.5) is 0 Å². The number of allylic oxidation sites excluding steroid dienone is 2. The Balaban J connectivity index is 1.42. The number of fused-ring (bicyclic) bond motifs is 9. The predicted molar refractivity (Wildman–Crippen MR) is 147 cm³/mol. The van der Waals surface area contributed by atoms with Crippen LogP contribution in [0.1, 0.15) is 107 Å². The molecule has 0 amide bonds. The predicted octanol–water partition coefficient (Wildman–Crippen LogP) is 6.83. The minimum absolute atomic E-state index is 0.0108. The number of aliphatic hydroxyl groups is 1. The number of aliphatic hydroxyl groups excluding tert-OH is 1. The molecule has 1 aliphatic heterocycles. The first kappa shape index (κ1) is 27.3. The Labute approximate surface area is 230 Å². The standard InChI is InChI=1S/C33H52O5/c1-19-11-14-33(27(35)36)16-15-31(7)21(25(33)20(19)2)9-10-24-29(5)17-22(34)26-30(6,18-37-28(3,4)38-26)23(29)12-13-32(24,31)8/h9,19-20,22-26,34H,10-18H2,1-8H3,(H,35,36)/t19-,20+,22?,23?,24?,25?,26?,29+,30+,31-,32-,33?/m1/s1. The van der Waals surface area contributed by atoms with Crippen molar-refractivity contribution < 1.29 is 24.5 Å². The van der Waals surface area contributed by atoms with E-state index in [2.05, 4.69) is 47.6 Å². The van der Waals surface area contributed by atoms with Crippen LogP contribution in [0.25, 0.3) is 0 Å². The first-order chi connectivity index (χ1) is 17.6. The zero-order valence-electron chi connectivity index (χ0n) is 25.1. The molecule has 5 nitrogen and oxygen atoms in total. The zero-order chi connectivity index (χ0) is 27.7. The number of ether oxygens (including phenoxy) is 2. The molecule has 0 aromatic carbocycles. The molecule has 5 aliphatic carbocycles. The van der Waals surface area contributed by atoms with E-state index in [1.807, 2.05) is 13.8 Å². The summed E-state index contributed by atoms with van der Waals surface area (Å²) in [5, 5.41) is 22.2. The summed E-state index contributed by atoms with van der Waals surface area (Å²) in [6, 6.07) is 0. The molecule has 4 saturated carbocycles. The van der Waals surface area contributed by atoms with Gasteiger partial charge in [-0.15, -0.1) is 0 Å². The lowest BCUT2D eigenvalue weighted by molar-refractivity contribution is -0.368. The molecule has 0 aromatic rings. The van der Waals surface area contributed by atoms with Gasteiger partial charge in [0.15, 0.2) is 5.79 Å². The van der Waals surface area contributed by atoms with E-state index in [0.29, 0.717) is 30.3 Å². The maximum absolute atomic E-state index is 12.9. The van der Waals surface area contributed by atoms with E-state index >= 15 is 0 Å². The Hall–Kier alpha value is -0.910. The van der Waals surface area contributed by atoms with Crippen LogP contribution in [-0.4, -0.2) is 40.8 Å². The molecule has 2 N–H and O–H groups in total. The third kappa shape index (κ3) is 3.19. The van der Waals surface area contributed by atoms with E-state index < -0.39 is 23.3 Å². The van der Waals surface area contributed by atoms with E-state index in [0.717, 1.165) is 51.4 Å². The summed E-state index contributed by atoms with van der Waals surface area (Å²) in [7, 11) is 0. The molecule has 12 atom stereocenters. The number of hydrogen-bond acceptors (Lipinski definition) is 4. The van der Waals surface area contributed by atoms with Crippen LogP contribution < -0.4 is 0 Å². The Morgan fingerprint density at radius 2 is 1.66 bits per heavy atom. The molecule has 0 aromatic heterocycles. The minimum atomic E-state index is -0.662. The largest absolute Gasteiger partial charge is 0.481 e. The second kappa shape index (κ2) is 8.10. The normalized spacial score (nSPS) is 57.3. The first-order valence-corrected chi connectivity index (χ1v) is 15.5. The number of rotatable bonds is 1. The van der Waals surface area contributed by atoms with Gasteiger partial charge in [0.1, 0.15) is 0 Å². The van der Waals surface area contributed by atoms with E-state index in [-0.39, 0.29) is 33.7 Å². The molecule has 5 fully saturated rings. The highest BCUT2D eigenvalue weighted by atomic mass is 16.7. The maximum atomic E-state index is 12.9. The fourth-order valence-corrected chi connectivity index (χ4v) is 11.9. The average molecular weight is 529 g/mol. The second-order valence-electron chi connectivity index (χ2n) is 16.1. The summed E-state index contributed by atoms with van der Waals surface area (Å²) in [6.07, 6.45) is 9.41. The van der Waals surface area contributed by atoms with Crippen molar-refractivity contribution in [1.82, 2.24) is 0 Å². The molecule has 38 heavy (non-hydrogen) atoms. The van der Waals surface area contributed by atoms with Gasteiger partial charge in [-0.2, -0.15) is 0 Å². The van der Waals surface area contributed by atoms with Crippen LogP contribution in [0.3, 0.4) is 0 Å². The van der Waals surface area contributed by atoms with Crippen LogP contribution in [0.5, 0.6) is 0 Å². The summed E-state index contributed by atoms with van der Waals surface area (Å²) < 4.78 is 12.7. The molecule has 6 aliphatic rings. The van der Waals surface area contributed by atoms with Crippen molar-refractivity contribution in [3.63, 3.8) is 0 Å². The number of carbonyl (C=O) groups is 1. The van der Waals surface area contributed by atoms with Crippen LogP contribution in [-0.2, 0) is 14.3 Å². The maximum Gasteiger partial charge on any atom is 0.310 e. The van der Waals surface area contributed by atoms with Crippen LogP contribution in [0, 0.1) is 56.7 Å². The molecule has 0 radical (unpaired) electrons. The summed E-state index contributed by atoms with van der Waals surface area (Å²) in [6.45, 7) is 19.0. The molecule has 6 unspecified atom stereocenters. The molecule has 0 bridgehead atoms. The topological polar surface area (TPSA) is 76.0 Å². The van der Waals surface area contributed by atoms with Crippen molar-refractivity contribution in [2.75, 3.05) is 6.61 Å². The number of carboxylic acid groups (broad SMARTS) is 1. The minimum Gasteiger partial charge on any atom is -0.481 e. The molecule has 6 rings (SSSR count). The van der Waals surface area contributed by atoms with Gasteiger partial charge < -0.3 is 19.7 Å². The molecule has 1 heterocycles. The summed E-state index contributed by atoms with van der Waals surface area (Å²) >= 11 is 0. The first-order valence-electron chi connectivity index (χ1n) is 15.5.